The van der Waals surface area contributed by atoms with E-state index in [4.69, 9.17) is 4.74 Å². The molecule has 1 heterocycles. The van der Waals surface area contributed by atoms with Crippen molar-refractivity contribution in [1.29, 1.82) is 0 Å². The van der Waals surface area contributed by atoms with Gasteiger partial charge < -0.3 is 31.1 Å². The van der Waals surface area contributed by atoms with E-state index in [1.165, 1.54) is 6.20 Å². The van der Waals surface area contributed by atoms with E-state index in [9.17, 15) is 19.5 Å². The third kappa shape index (κ3) is 12.9. The first-order valence-electron chi connectivity index (χ1n) is 14.6. The largest absolute Gasteiger partial charge is 0.389 e. The molecular weight excluding hydrogens is 554 g/mol. The molecule has 11 heteroatoms. The Balaban J connectivity index is 2.31. The second-order valence-corrected chi connectivity index (χ2v) is 11.7. The van der Waals surface area contributed by atoms with Gasteiger partial charge in [0.1, 0.15) is 12.1 Å². The minimum Gasteiger partial charge on any atom is -0.389 e. The number of methoxy groups -OCH3 is 1. The molecule has 3 amide bonds. The van der Waals surface area contributed by atoms with E-state index >= 15 is 0 Å². The van der Waals surface area contributed by atoms with Crippen molar-refractivity contribution in [2.75, 3.05) is 38.3 Å². The lowest BCUT2D eigenvalue weighted by molar-refractivity contribution is -0.129. The fraction of sp³-hybridized carbons (Fsp3) is 0.548. The molecule has 0 saturated heterocycles. The number of nitrogens with one attached hydrogen (secondary N) is 4. The van der Waals surface area contributed by atoms with Crippen LogP contribution in [0.1, 0.15) is 49.5 Å². The number of hydrogen-bond acceptors (Lipinski definition) is 8. The first kappa shape index (κ1) is 35.2. The maximum absolute atomic E-state index is 13.7. The summed E-state index contributed by atoms with van der Waals surface area (Å²) in [5.74, 6) is 0.217. The lowest BCUT2D eigenvalue weighted by atomic mass is 9.95. The Bertz CT molecular complexity index is 1060. The smallest absolute Gasteiger partial charge is 0.253 e. The fourth-order valence-electron chi connectivity index (χ4n) is 4.11. The summed E-state index contributed by atoms with van der Waals surface area (Å²) in [4.78, 5) is 43.9. The summed E-state index contributed by atoms with van der Waals surface area (Å²) >= 11 is 1.58. The van der Waals surface area contributed by atoms with Gasteiger partial charge in [-0.1, -0.05) is 57.5 Å². The van der Waals surface area contributed by atoms with Gasteiger partial charge in [-0.2, -0.15) is 11.8 Å². The molecule has 42 heavy (non-hydrogen) atoms. The number of aliphatic hydroxyl groups is 1. The molecule has 0 radical (unpaired) electrons. The topological polar surface area (TPSA) is 142 Å². The summed E-state index contributed by atoms with van der Waals surface area (Å²) in [6, 6.07) is 10.1. The molecule has 0 aliphatic rings. The summed E-state index contributed by atoms with van der Waals surface area (Å²) in [5.41, 5.74) is 1.23. The molecule has 0 spiro atoms. The van der Waals surface area contributed by atoms with Crippen molar-refractivity contribution >= 4 is 29.5 Å². The molecule has 2 rings (SSSR count). The van der Waals surface area contributed by atoms with Gasteiger partial charge >= 0.3 is 0 Å². The molecule has 0 bridgehead atoms. The minimum atomic E-state index is -1.28. The quantitative estimate of drug-likeness (QED) is 0.146. The molecule has 1 aromatic carbocycles. The molecule has 10 nitrogen and oxygen atoms in total. The van der Waals surface area contributed by atoms with Gasteiger partial charge in [0.25, 0.3) is 5.91 Å². The van der Waals surface area contributed by atoms with E-state index < -0.39 is 36.0 Å². The molecular formula is C31H47N5O5S. The van der Waals surface area contributed by atoms with Gasteiger partial charge in [-0.15, -0.1) is 0 Å². The van der Waals surface area contributed by atoms with Gasteiger partial charge in [0.05, 0.1) is 24.3 Å². The highest BCUT2D eigenvalue weighted by Gasteiger charge is 2.35. The third-order valence-corrected chi connectivity index (χ3v) is 7.64. The Morgan fingerprint density at radius 3 is 2.45 bits per heavy atom. The Morgan fingerprint density at radius 1 is 1.05 bits per heavy atom. The van der Waals surface area contributed by atoms with Gasteiger partial charge in [0.2, 0.25) is 11.8 Å². The predicted molar refractivity (Wildman–Crippen MR) is 167 cm³/mol. The van der Waals surface area contributed by atoms with Crippen molar-refractivity contribution in [1.82, 2.24) is 26.3 Å². The zero-order valence-corrected chi connectivity index (χ0v) is 26.0. The number of carbonyl (C=O) groups is 3. The van der Waals surface area contributed by atoms with E-state index in [1.54, 1.807) is 37.2 Å². The van der Waals surface area contributed by atoms with E-state index in [-0.39, 0.29) is 18.2 Å². The first-order valence-corrected chi connectivity index (χ1v) is 15.7. The van der Waals surface area contributed by atoms with Crippen LogP contribution in [-0.4, -0.2) is 90.4 Å². The first-order chi connectivity index (χ1) is 20.3. The Kier molecular flexibility index (Phi) is 16.8. The van der Waals surface area contributed by atoms with Crippen molar-refractivity contribution in [3.63, 3.8) is 0 Å². The van der Waals surface area contributed by atoms with Gasteiger partial charge in [-0.25, -0.2) is 0 Å². The van der Waals surface area contributed by atoms with Crippen LogP contribution in [0, 0.1) is 5.92 Å². The van der Waals surface area contributed by atoms with Crippen LogP contribution in [0.3, 0.4) is 0 Å². The maximum atomic E-state index is 13.7. The number of aromatic nitrogens is 1. The van der Waals surface area contributed by atoms with Crippen molar-refractivity contribution in [3.8, 4) is 0 Å². The monoisotopic (exact) mass is 601 g/mol. The van der Waals surface area contributed by atoms with Crippen LogP contribution in [0.4, 0.5) is 0 Å². The lowest BCUT2D eigenvalue weighted by Crippen LogP contribution is -2.61. The normalized spacial score (nSPS) is 14.0. The Hall–Kier alpha value is -2.99. The molecule has 5 N–H and O–H groups in total. The fourth-order valence-corrected chi connectivity index (χ4v) is 5.24. The highest BCUT2D eigenvalue weighted by Crippen LogP contribution is 2.13. The van der Waals surface area contributed by atoms with E-state index in [2.05, 4.69) is 33.2 Å². The average Bonchev–Trinajstić information content (AvgIpc) is 2.99. The van der Waals surface area contributed by atoms with E-state index in [0.717, 1.165) is 24.2 Å². The van der Waals surface area contributed by atoms with Crippen LogP contribution < -0.4 is 21.3 Å². The molecule has 1 unspecified atom stereocenters. The molecule has 2 aromatic rings. The molecule has 0 aliphatic heterocycles. The maximum Gasteiger partial charge on any atom is 0.253 e. The molecule has 232 valence electrons. The van der Waals surface area contributed by atoms with Gasteiger partial charge in [0, 0.05) is 38.3 Å². The SMILES string of the molecule is CCCCSCC(NC(=O)c1cccnc1)C(=O)N[C@@H](Cc1ccccc1)[C@@H](O)[C@@H](NCCOC)C(=O)NCC(C)C. The van der Waals surface area contributed by atoms with Crippen LogP contribution in [0.5, 0.6) is 0 Å². The summed E-state index contributed by atoms with van der Waals surface area (Å²) in [7, 11) is 1.56. The zero-order valence-electron chi connectivity index (χ0n) is 25.2. The Labute approximate surface area is 254 Å². The van der Waals surface area contributed by atoms with Crippen LogP contribution in [0.15, 0.2) is 54.9 Å². The van der Waals surface area contributed by atoms with Crippen molar-refractivity contribution in [3.05, 3.63) is 66.0 Å². The molecule has 0 fully saturated rings. The van der Waals surface area contributed by atoms with Crippen LogP contribution in [-0.2, 0) is 20.7 Å². The summed E-state index contributed by atoms with van der Waals surface area (Å²) in [5, 5.41) is 23.4. The highest BCUT2D eigenvalue weighted by atomic mass is 32.2. The molecule has 4 atom stereocenters. The zero-order chi connectivity index (χ0) is 30.7. The summed E-state index contributed by atoms with van der Waals surface area (Å²) in [6.07, 6.45) is 4.04. The van der Waals surface area contributed by atoms with Gasteiger partial charge in [-0.05, 0) is 42.2 Å². The number of thioether (sulfide) groups is 1. The van der Waals surface area contributed by atoms with Crippen LogP contribution in [0.2, 0.25) is 0 Å². The van der Waals surface area contributed by atoms with E-state index in [1.807, 2.05) is 44.2 Å². The van der Waals surface area contributed by atoms with Crippen molar-refractivity contribution < 1.29 is 24.2 Å². The number of pyridine rings is 1. The number of rotatable bonds is 20. The third-order valence-electron chi connectivity index (χ3n) is 6.49. The van der Waals surface area contributed by atoms with Crippen LogP contribution >= 0.6 is 11.8 Å². The van der Waals surface area contributed by atoms with Crippen molar-refractivity contribution in [2.45, 2.75) is 64.3 Å². The number of aliphatic hydroxyl groups excluding tert-OH is 1. The number of unbranched alkanes of at least 4 members (excludes halogenated alkanes) is 1. The van der Waals surface area contributed by atoms with Gasteiger partial charge in [-0.3, -0.25) is 19.4 Å². The van der Waals surface area contributed by atoms with Crippen LogP contribution in [0.25, 0.3) is 0 Å². The summed E-state index contributed by atoms with van der Waals surface area (Å²) < 4.78 is 5.14. The number of carbonyl (C=O) groups excluding carboxylic acids is 3. The molecule has 1 aromatic heterocycles. The number of amides is 3. The van der Waals surface area contributed by atoms with E-state index in [0.29, 0.717) is 31.0 Å². The number of ether oxygens (including phenoxy) is 1. The highest BCUT2D eigenvalue weighted by molar-refractivity contribution is 7.99. The summed E-state index contributed by atoms with van der Waals surface area (Å²) in [6.45, 7) is 7.19. The number of hydrogen-bond donors (Lipinski definition) is 5. The second kappa shape index (κ2) is 20.0. The average molecular weight is 602 g/mol. The molecule has 0 aliphatic carbocycles. The Morgan fingerprint density at radius 2 is 1.81 bits per heavy atom. The van der Waals surface area contributed by atoms with Gasteiger partial charge in [0.15, 0.2) is 0 Å². The standard InChI is InChI=1S/C31H47N5O5S/c1-5-6-17-42-21-26(36-29(38)24-13-10-14-32-20-24)30(39)35-25(18-23-11-8-7-9-12-23)28(37)27(33-15-16-41-4)31(40)34-19-22(2)3/h7-14,20,22,25-28,33,37H,5-6,15-19,21H2,1-4H3,(H,34,40)(H,35,39)(H,36,38)/t25-,26?,27+,28+/m0/s1. The number of nitrogens with zero attached hydrogens (tertiary/aromatic N) is 1. The predicted octanol–water partition coefficient (Wildman–Crippen LogP) is 2.18. The number of benzene rings is 1. The minimum absolute atomic E-state index is 0.222. The molecule has 0 saturated carbocycles. The lowest BCUT2D eigenvalue weighted by Gasteiger charge is -2.32. The second-order valence-electron chi connectivity index (χ2n) is 10.6. The van der Waals surface area contributed by atoms with Crippen molar-refractivity contribution in [2.24, 2.45) is 5.92 Å².